The number of rotatable bonds is 2. The van der Waals surface area contributed by atoms with Crippen molar-refractivity contribution in [2.45, 2.75) is 17.7 Å². The Morgan fingerprint density at radius 3 is 2.65 bits per heavy atom. The Kier molecular flexibility index (Phi) is 3.67. The van der Waals surface area contributed by atoms with Crippen molar-refractivity contribution >= 4 is 43.5 Å². The van der Waals surface area contributed by atoms with Crippen molar-refractivity contribution in [3.05, 3.63) is 33.8 Å². The molecule has 1 aliphatic heterocycles. The highest BCUT2D eigenvalue weighted by Crippen LogP contribution is 2.29. The molecule has 0 N–H and O–H groups in total. The predicted molar refractivity (Wildman–Crippen MR) is 82.4 cm³/mol. The maximum Gasteiger partial charge on any atom is 0.243 e. The van der Waals surface area contributed by atoms with Gasteiger partial charge in [-0.3, -0.25) is 4.98 Å². The normalized spacial score (nSPS) is 16.9. The predicted octanol–water partition coefficient (Wildman–Crippen LogP) is 2.76. The van der Waals surface area contributed by atoms with Crippen LogP contribution in [0.3, 0.4) is 0 Å². The highest BCUT2D eigenvalue weighted by Gasteiger charge is 2.29. The number of benzene rings is 1. The van der Waals surface area contributed by atoms with Gasteiger partial charge in [-0.2, -0.15) is 4.31 Å². The number of pyridine rings is 1. The van der Waals surface area contributed by atoms with Crippen molar-refractivity contribution in [1.29, 1.82) is 0 Å². The van der Waals surface area contributed by atoms with Crippen molar-refractivity contribution in [2.24, 2.45) is 0 Å². The van der Waals surface area contributed by atoms with E-state index in [1.54, 1.807) is 6.07 Å². The lowest BCUT2D eigenvalue weighted by atomic mass is 10.2. The van der Waals surface area contributed by atoms with Crippen LogP contribution in [0.15, 0.2) is 29.3 Å². The van der Waals surface area contributed by atoms with E-state index in [0.29, 0.717) is 18.5 Å². The molecule has 2 heterocycles. The van der Waals surface area contributed by atoms with Crippen LogP contribution in [-0.4, -0.2) is 30.8 Å². The number of aromatic nitrogens is 1. The highest BCUT2D eigenvalue weighted by atomic mass is 127. The number of halogens is 2. The van der Waals surface area contributed by atoms with E-state index >= 15 is 0 Å². The third kappa shape index (κ3) is 2.31. The van der Waals surface area contributed by atoms with E-state index in [-0.39, 0.29) is 10.4 Å². The molecule has 1 fully saturated rings. The number of fused-ring (bicyclic) bond motifs is 1. The lowest BCUT2D eigenvalue weighted by molar-refractivity contribution is 0.478. The first-order valence-corrected chi connectivity index (χ1v) is 8.76. The van der Waals surface area contributed by atoms with Crippen molar-refractivity contribution in [3.63, 3.8) is 0 Å². The second-order valence-electron chi connectivity index (χ2n) is 4.71. The van der Waals surface area contributed by atoms with E-state index in [9.17, 15) is 12.8 Å². The van der Waals surface area contributed by atoms with Crippen molar-refractivity contribution in [2.75, 3.05) is 13.1 Å². The third-order valence-electron chi connectivity index (χ3n) is 3.41. The third-order valence-corrected chi connectivity index (χ3v) is 5.96. The quantitative estimate of drug-likeness (QED) is 0.721. The minimum atomic E-state index is -3.58. The molecule has 106 valence electrons. The van der Waals surface area contributed by atoms with Crippen molar-refractivity contribution in [1.82, 2.24) is 9.29 Å². The van der Waals surface area contributed by atoms with Crippen LogP contribution in [0.1, 0.15) is 12.8 Å². The van der Waals surface area contributed by atoms with Gasteiger partial charge in [-0.15, -0.1) is 0 Å². The van der Waals surface area contributed by atoms with E-state index in [4.69, 9.17) is 0 Å². The summed E-state index contributed by atoms with van der Waals surface area (Å²) in [5.74, 6) is -0.503. The summed E-state index contributed by atoms with van der Waals surface area (Å²) >= 11 is 2.04. The van der Waals surface area contributed by atoms with Gasteiger partial charge in [0.1, 0.15) is 11.3 Å². The summed E-state index contributed by atoms with van der Waals surface area (Å²) in [6.07, 6.45) is 3.26. The molecule has 1 saturated heterocycles. The van der Waals surface area contributed by atoms with Gasteiger partial charge in [0.2, 0.25) is 10.0 Å². The molecule has 20 heavy (non-hydrogen) atoms. The van der Waals surface area contributed by atoms with Gasteiger partial charge in [0.25, 0.3) is 0 Å². The molecule has 4 nitrogen and oxygen atoms in total. The fraction of sp³-hybridized carbons (Fsp3) is 0.308. The van der Waals surface area contributed by atoms with Crippen LogP contribution < -0.4 is 0 Å². The molecule has 7 heteroatoms. The summed E-state index contributed by atoms with van der Waals surface area (Å²) in [5.41, 5.74) is 0.102. The van der Waals surface area contributed by atoms with Crippen LogP contribution in [0.4, 0.5) is 4.39 Å². The number of hydrogen-bond donors (Lipinski definition) is 0. The molecule has 0 aliphatic carbocycles. The molecule has 1 aromatic carbocycles. The molecule has 2 aromatic rings. The zero-order valence-corrected chi connectivity index (χ0v) is 13.5. The summed E-state index contributed by atoms with van der Waals surface area (Å²) in [7, 11) is -3.58. The Morgan fingerprint density at radius 1 is 1.25 bits per heavy atom. The van der Waals surface area contributed by atoms with E-state index in [0.717, 1.165) is 16.4 Å². The summed E-state index contributed by atoms with van der Waals surface area (Å²) in [6, 6.07) is 4.17. The summed E-state index contributed by atoms with van der Waals surface area (Å²) in [4.78, 5) is 4.16. The molecule has 0 radical (unpaired) electrons. The SMILES string of the molecule is O=S(=O)(c1ccc(F)c2ncc(I)cc12)N1CCCC1. The van der Waals surface area contributed by atoms with E-state index in [2.05, 4.69) is 4.98 Å². The lowest BCUT2D eigenvalue weighted by Gasteiger charge is -2.17. The minimum absolute atomic E-state index is 0.102. The molecule has 0 bridgehead atoms. The summed E-state index contributed by atoms with van der Waals surface area (Å²) < 4.78 is 41.3. The second-order valence-corrected chi connectivity index (χ2v) is 7.86. The molecule has 0 amide bonds. The molecule has 0 atom stereocenters. The Morgan fingerprint density at radius 2 is 1.95 bits per heavy atom. The largest absolute Gasteiger partial charge is 0.252 e. The number of nitrogens with zero attached hydrogens (tertiary/aromatic N) is 2. The molecular weight excluding hydrogens is 394 g/mol. The first kappa shape index (κ1) is 14.2. The molecule has 3 rings (SSSR count). The van der Waals surface area contributed by atoms with Crippen LogP contribution in [-0.2, 0) is 10.0 Å². The standard InChI is InChI=1S/C13H12FIN2O2S/c14-11-3-4-12(10-7-9(15)8-16-13(10)11)20(18,19)17-5-1-2-6-17/h3-4,7-8H,1-2,5-6H2. The summed E-state index contributed by atoms with van der Waals surface area (Å²) in [5, 5.41) is 0.351. The smallest absolute Gasteiger partial charge is 0.243 e. The Balaban J connectivity index is 2.26. The zero-order valence-electron chi connectivity index (χ0n) is 10.5. The molecule has 1 aromatic heterocycles. The van der Waals surface area contributed by atoms with Crippen LogP contribution in [0, 0.1) is 9.39 Å². The topological polar surface area (TPSA) is 50.3 Å². The second kappa shape index (κ2) is 5.19. The van der Waals surface area contributed by atoms with Gasteiger partial charge in [0, 0.05) is 28.2 Å². The first-order chi connectivity index (χ1) is 9.50. The Labute approximate surface area is 130 Å². The molecule has 0 spiro atoms. The molecular formula is C13H12FIN2O2S. The fourth-order valence-corrected chi connectivity index (χ4v) is 4.57. The maximum atomic E-state index is 13.8. The monoisotopic (exact) mass is 406 g/mol. The van der Waals surface area contributed by atoms with Crippen LogP contribution in [0.25, 0.3) is 10.9 Å². The minimum Gasteiger partial charge on any atom is -0.252 e. The summed E-state index contributed by atoms with van der Waals surface area (Å²) in [6.45, 7) is 1.05. The van der Waals surface area contributed by atoms with Crippen molar-refractivity contribution in [3.8, 4) is 0 Å². The van der Waals surface area contributed by atoms with E-state index < -0.39 is 15.8 Å². The van der Waals surface area contributed by atoms with Gasteiger partial charge < -0.3 is 0 Å². The van der Waals surface area contributed by atoms with Gasteiger partial charge >= 0.3 is 0 Å². The van der Waals surface area contributed by atoms with Gasteiger partial charge in [0.05, 0.1) is 4.90 Å². The van der Waals surface area contributed by atoms with Gasteiger partial charge in [-0.25, -0.2) is 12.8 Å². The molecule has 0 saturated carbocycles. The van der Waals surface area contributed by atoms with Gasteiger partial charge in [-0.05, 0) is 53.6 Å². The number of sulfonamides is 1. The van der Waals surface area contributed by atoms with Crippen LogP contribution in [0.5, 0.6) is 0 Å². The average Bonchev–Trinajstić information content (AvgIpc) is 2.93. The highest BCUT2D eigenvalue weighted by molar-refractivity contribution is 14.1. The Hall–Kier alpha value is -0.800. The molecule has 1 aliphatic rings. The zero-order chi connectivity index (χ0) is 14.3. The number of hydrogen-bond acceptors (Lipinski definition) is 3. The maximum absolute atomic E-state index is 13.8. The molecule has 0 unspecified atom stereocenters. The Bertz CT molecular complexity index is 773. The van der Waals surface area contributed by atoms with E-state index in [1.165, 1.54) is 22.6 Å². The van der Waals surface area contributed by atoms with Gasteiger partial charge in [-0.1, -0.05) is 0 Å². The van der Waals surface area contributed by atoms with Crippen molar-refractivity contribution < 1.29 is 12.8 Å². The fourth-order valence-electron chi connectivity index (χ4n) is 2.43. The van der Waals surface area contributed by atoms with Gasteiger partial charge in [0.15, 0.2) is 0 Å². The first-order valence-electron chi connectivity index (χ1n) is 6.24. The lowest BCUT2D eigenvalue weighted by Crippen LogP contribution is -2.28. The average molecular weight is 406 g/mol. The van der Waals surface area contributed by atoms with Crippen LogP contribution >= 0.6 is 22.6 Å². The van der Waals surface area contributed by atoms with E-state index in [1.807, 2.05) is 22.6 Å². The van der Waals surface area contributed by atoms with Crippen LogP contribution in [0.2, 0.25) is 0 Å².